The quantitative estimate of drug-likeness (QED) is 0.748. The summed E-state index contributed by atoms with van der Waals surface area (Å²) in [6.45, 7) is 3.10. The molecule has 2 rings (SSSR count). The molecule has 0 aromatic rings. The van der Waals surface area contributed by atoms with Gasteiger partial charge in [-0.25, -0.2) is 0 Å². The van der Waals surface area contributed by atoms with Crippen molar-refractivity contribution in [3.63, 3.8) is 0 Å². The molecule has 2 N–H and O–H groups in total. The lowest BCUT2D eigenvalue weighted by molar-refractivity contribution is -0.127. The lowest BCUT2D eigenvalue weighted by atomic mass is 10.0. The van der Waals surface area contributed by atoms with E-state index in [0.29, 0.717) is 18.6 Å². The van der Waals surface area contributed by atoms with E-state index < -0.39 is 0 Å². The van der Waals surface area contributed by atoms with Crippen LogP contribution in [0, 0.1) is 5.92 Å². The third kappa shape index (κ3) is 5.91. The summed E-state index contributed by atoms with van der Waals surface area (Å²) in [6, 6.07) is 0.384. The van der Waals surface area contributed by atoms with E-state index in [-0.39, 0.29) is 12.5 Å². The highest BCUT2D eigenvalue weighted by atomic mass is 16.5. The Kier molecular flexibility index (Phi) is 6.65. The average molecular weight is 268 g/mol. The Morgan fingerprint density at radius 3 is 2.58 bits per heavy atom. The smallest absolute Gasteiger partial charge is 0.246 e. The van der Waals surface area contributed by atoms with Crippen LogP contribution in [0.1, 0.15) is 51.4 Å². The van der Waals surface area contributed by atoms with Crippen LogP contribution in [0.4, 0.5) is 0 Å². The fourth-order valence-electron chi connectivity index (χ4n) is 3.08. The number of piperidine rings is 1. The Hall–Kier alpha value is -0.610. The van der Waals surface area contributed by atoms with Crippen LogP contribution in [-0.4, -0.2) is 38.3 Å². The fourth-order valence-corrected chi connectivity index (χ4v) is 3.08. The molecule has 0 spiro atoms. The molecule has 4 nitrogen and oxygen atoms in total. The molecule has 1 heterocycles. The molecule has 2 fully saturated rings. The van der Waals surface area contributed by atoms with Gasteiger partial charge in [0.15, 0.2) is 0 Å². The molecule has 0 radical (unpaired) electrons. The molecule has 1 aliphatic carbocycles. The molecule has 2 aliphatic rings. The van der Waals surface area contributed by atoms with E-state index in [4.69, 9.17) is 4.74 Å². The van der Waals surface area contributed by atoms with Crippen molar-refractivity contribution < 1.29 is 9.53 Å². The number of hydrogen-bond acceptors (Lipinski definition) is 3. The van der Waals surface area contributed by atoms with Gasteiger partial charge >= 0.3 is 0 Å². The summed E-state index contributed by atoms with van der Waals surface area (Å²) in [4.78, 5) is 11.8. The lowest BCUT2D eigenvalue weighted by Gasteiger charge is -2.22. The number of carbonyl (C=O) groups is 1. The van der Waals surface area contributed by atoms with Crippen molar-refractivity contribution in [3.8, 4) is 0 Å². The van der Waals surface area contributed by atoms with Gasteiger partial charge in [-0.3, -0.25) is 4.79 Å². The zero-order chi connectivity index (χ0) is 13.3. The van der Waals surface area contributed by atoms with Crippen LogP contribution >= 0.6 is 0 Å². The van der Waals surface area contributed by atoms with Gasteiger partial charge in [0, 0.05) is 12.6 Å². The summed E-state index contributed by atoms with van der Waals surface area (Å²) < 4.78 is 5.56. The molecule has 1 saturated heterocycles. The third-order valence-corrected chi connectivity index (χ3v) is 4.21. The van der Waals surface area contributed by atoms with E-state index in [1.54, 1.807) is 0 Å². The van der Waals surface area contributed by atoms with Crippen molar-refractivity contribution in [2.75, 3.05) is 26.3 Å². The van der Waals surface area contributed by atoms with Gasteiger partial charge in [0.1, 0.15) is 6.61 Å². The lowest BCUT2D eigenvalue weighted by Crippen LogP contribution is -2.38. The molecule has 1 aliphatic heterocycles. The van der Waals surface area contributed by atoms with Crippen molar-refractivity contribution in [3.05, 3.63) is 0 Å². The van der Waals surface area contributed by atoms with E-state index in [9.17, 15) is 4.79 Å². The summed E-state index contributed by atoms with van der Waals surface area (Å²) >= 11 is 0. The standard InChI is InChI=1S/C15H28N2O2/c18-15(17-14-7-3-1-2-4-8-14)12-19-11-13-6-5-9-16-10-13/h13-14,16H,1-12H2,(H,17,18). The molecule has 1 saturated carbocycles. The Balaban J connectivity index is 1.55. The minimum Gasteiger partial charge on any atom is -0.371 e. The van der Waals surface area contributed by atoms with Gasteiger partial charge in [-0.15, -0.1) is 0 Å². The Labute approximate surface area is 116 Å². The monoisotopic (exact) mass is 268 g/mol. The molecule has 0 aromatic heterocycles. The van der Waals surface area contributed by atoms with Crippen molar-refractivity contribution >= 4 is 5.91 Å². The van der Waals surface area contributed by atoms with Crippen molar-refractivity contribution in [1.82, 2.24) is 10.6 Å². The van der Waals surface area contributed by atoms with Crippen molar-refractivity contribution in [2.45, 2.75) is 57.4 Å². The van der Waals surface area contributed by atoms with Crippen LogP contribution < -0.4 is 10.6 Å². The van der Waals surface area contributed by atoms with Gasteiger partial charge in [0.25, 0.3) is 0 Å². The maximum atomic E-state index is 11.8. The normalized spacial score (nSPS) is 25.8. The van der Waals surface area contributed by atoms with Gasteiger partial charge in [-0.2, -0.15) is 0 Å². The summed E-state index contributed by atoms with van der Waals surface area (Å²) in [5, 5.41) is 6.48. The van der Waals surface area contributed by atoms with Crippen LogP contribution in [0.25, 0.3) is 0 Å². The van der Waals surface area contributed by atoms with Crippen LogP contribution in [0.15, 0.2) is 0 Å². The second-order valence-corrected chi connectivity index (χ2v) is 5.98. The van der Waals surface area contributed by atoms with Crippen LogP contribution in [0.5, 0.6) is 0 Å². The first-order chi connectivity index (χ1) is 9.34. The number of amides is 1. The highest BCUT2D eigenvalue weighted by Crippen LogP contribution is 2.17. The van der Waals surface area contributed by atoms with Crippen LogP contribution in [0.2, 0.25) is 0 Å². The van der Waals surface area contributed by atoms with Gasteiger partial charge < -0.3 is 15.4 Å². The van der Waals surface area contributed by atoms with E-state index in [0.717, 1.165) is 25.9 Å². The van der Waals surface area contributed by atoms with Crippen LogP contribution in [-0.2, 0) is 9.53 Å². The Bertz CT molecular complexity index is 257. The Morgan fingerprint density at radius 2 is 1.89 bits per heavy atom. The number of hydrogen-bond donors (Lipinski definition) is 2. The molecule has 1 atom stereocenters. The zero-order valence-corrected chi connectivity index (χ0v) is 12.0. The van der Waals surface area contributed by atoms with Gasteiger partial charge in [-0.05, 0) is 38.1 Å². The SMILES string of the molecule is O=C(COCC1CCCNC1)NC1CCCCCC1. The number of rotatable bonds is 5. The second kappa shape index (κ2) is 8.54. The van der Waals surface area contributed by atoms with Gasteiger partial charge in [0.2, 0.25) is 5.91 Å². The highest BCUT2D eigenvalue weighted by molar-refractivity contribution is 5.77. The summed E-state index contributed by atoms with van der Waals surface area (Å²) in [7, 11) is 0. The summed E-state index contributed by atoms with van der Waals surface area (Å²) in [6.07, 6.45) is 9.85. The van der Waals surface area contributed by atoms with E-state index in [1.807, 2.05) is 0 Å². The van der Waals surface area contributed by atoms with E-state index >= 15 is 0 Å². The average Bonchev–Trinajstić information content (AvgIpc) is 2.68. The minimum atomic E-state index is 0.0654. The number of carbonyl (C=O) groups excluding carboxylic acids is 1. The summed E-state index contributed by atoms with van der Waals surface area (Å²) in [5.41, 5.74) is 0. The maximum Gasteiger partial charge on any atom is 0.246 e. The first-order valence-corrected chi connectivity index (χ1v) is 7.92. The maximum absolute atomic E-state index is 11.8. The molecular formula is C15H28N2O2. The van der Waals surface area contributed by atoms with Gasteiger partial charge in [0.05, 0.1) is 6.61 Å². The topological polar surface area (TPSA) is 50.4 Å². The Morgan fingerprint density at radius 1 is 1.11 bits per heavy atom. The highest BCUT2D eigenvalue weighted by Gasteiger charge is 2.16. The first-order valence-electron chi connectivity index (χ1n) is 7.92. The molecule has 1 unspecified atom stereocenters. The molecular weight excluding hydrogens is 240 g/mol. The first kappa shape index (κ1) is 14.8. The molecule has 110 valence electrons. The predicted molar refractivity (Wildman–Crippen MR) is 76.0 cm³/mol. The molecule has 19 heavy (non-hydrogen) atoms. The van der Waals surface area contributed by atoms with Crippen molar-refractivity contribution in [2.24, 2.45) is 5.92 Å². The third-order valence-electron chi connectivity index (χ3n) is 4.21. The number of nitrogens with one attached hydrogen (secondary N) is 2. The van der Waals surface area contributed by atoms with E-state index in [2.05, 4.69) is 10.6 Å². The molecule has 1 amide bonds. The minimum absolute atomic E-state index is 0.0654. The zero-order valence-electron chi connectivity index (χ0n) is 12.0. The van der Waals surface area contributed by atoms with Gasteiger partial charge in [-0.1, -0.05) is 25.7 Å². The molecule has 0 aromatic carbocycles. The number of ether oxygens (including phenoxy) is 1. The predicted octanol–water partition coefficient (Wildman–Crippen LogP) is 1.84. The van der Waals surface area contributed by atoms with Crippen LogP contribution in [0.3, 0.4) is 0 Å². The van der Waals surface area contributed by atoms with Crippen molar-refractivity contribution in [1.29, 1.82) is 0 Å². The largest absolute Gasteiger partial charge is 0.371 e. The molecule has 4 heteroatoms. The molecule has 0 bridgehead atoms. The second-order valence-electron chi connectivity index (χ2n) is 5.98. The summed E-state index contributed by atoms with van der Waals surface area (Å²) in [5.74, 6) is 0.648. The van der Waals surface area contributed by atoms with E-state index in [1.165, 1.54) is 38.5 Å². The fraction of sp³-hybridized carbons (Fsp3) is 0.933.